The number of rotatable bonds is 6. The second-order valence-electron chi connectivity index (χ2n) is 5.28. The van der Waals surface area contributed by atoms with Crippen LogP contribution in [0, 0.1) is 0 Å². The van der Waals surface area contributed by atoms with Crippen molar-refractivity contribution in [2.45, 2.75) is 26.4 Å². The zero-order valence-corrected chi connectivity index (χ0v) is 14.0. The van der Waals surface area contributed by atoms with E-state index in [0.717, 1.165) is 12.0 Å². The Hall–Kier alpha value is -2.82. The first kappa shape index (κ1) is 17.5. The number of methoxy groups -OCH3 is 1. The summed E-state index contributed by atoms with van der Waals surface area (Å²) in [4.78, 5) is 23.9. The van der Waals surface area contributed by atoms with Crippen molar-refractivity contribution in [3.05, 3.63) is 59.7 Å². The van der Waals surface area contributed by atoms with Gasteiger partial charge < -0.3 is 14.8 Å². The SMILES string of the molecule is CCc1ccccc1O[C@H](C)C(=O)Nc1cccc(C(=O)OC)c1. The number of ether oxygens (including phenoxy) is 2. The van der Waals surface area contributed by atoms with Crippen molar-refractivity contribution < 1.29 is 19.1 Å². The second kappa shape index (κ2) is 8.15. The molecule has 0 radical (unpaired) electrons. The first-order valence-electron chi connectivity index (χ1n) is 7.79. The number of hydrogen-bond acceptors (Lipinski definition) is 4. The Morgan fingerprint density at radius 1 is 1.12 bits per heavy atom. The number of anilines is 1. The van der Waals surface area contributed by atoms with Crippen molar-refractivity contribution in [1.82, 2.24) is 0 Å². The summed E-state index contributed by atoms with van der Waals surface area (Å²) < 4.78 is 10.4. The zero-order valence-electron chi connectivity index (χ0n) is 14.0. The number of benzene rings is 2. The van der Waals surface area contributed by atoms with E-state index < -0.39 is 12.1 Å². The van der Waals surface area contributed by atoms with Crippen LogP contribution in [0.2, 0.25) is 0 Å². The first-order valence-corrected chi connectivity index (χ1v) is 7.79. The van der Waals surface area contributed by atoms with E-state index in [1.165, 1.54) is 7.11 Å². The minimum atomic E-state index is -0.667. The standard InChI is InChI=1S/C19H21NO4/c1-4-14-8-5-6-11-17(14)24-13(2)18(21)20-16-10-7-9-15(12-16)19(22)23-3/h5-13H,4H2,1-3H3,(H,20,21)/t13-/m1/s1. The number of hydrogen-bond donors (Lipinski definition) is 1. The van der Waals surface area contributed by atoms with Crippen molar-refractivity contribution in [2.24, 2.45) is 0 Å². The number of amides is 1. The summed E-state index contributed by atoms with van der Waals surface area (Å²) >= 11 is 0. The summed E-state index contributed by atoms with van der Waals surface area (Å²) in [6.07, 6.45) is 0.158. The lowest BCUT2D eigenvalue weighted by Crippen LogP contribution is -2.30. The van der Waals surface area contributed by atoms with Crippen molar-refractivity contribution in [3.63, 3.8) is 0 Å². The molecule has 0 aromatic heterocycles. The predicted molar refractivity (Wildman–Crippen MR) is 92.3 cm³/mol. The molecule has 2 aromatic carbocycles. The molecule has 0 bridgehead atoms. The van der Waals surface area contributed by atoms with Gasteiger partial charge in [-0.15, -0.1) is 0 Å². The van der Waals surface area contributed by atoms with E-state index in [1.807, 2.05) is 31.2 Å². The van der Waals surface area contributed by atoms with Crippen LogP contribution in [0.3, 0.4) is 0 Å². The second-order valence-corrected chi connectivity index (χ2v) is 5.28. The minimum absolute atomic E-state index is 0.289. The van der Waals surface area contributed by atoms with Crippen LogP contribution in [-0.4, -0.2) is 25.1 Å². The summed E-state index contributed by atoms with van der Waals surface area (Å²) in [5, 5.41) is 2.75. The molecular formula is C19H21NO4. The van der Waals surface area contributed by atoms with Crippen molar-refractivity contribution in [2.75, 3.05) is 12.4 Å². The Bertz CT molecular complexity index is 727. The normalized spacial score (nSPS) is 11.5. The van der Waals surface area contributed by atoms with Crippen molar-refractivity contribution in [3.8, 4) is 5.75 Å². The molecule has 0 saturated carbocycles. The van der Waals surface area contributed by atoms with Crippen LogP contribution in [0.5, 0.6) is 5.75 Å². The predicted octanol–water partition coefficient (Wildman–Crippen LogP) is 3.44. The fraction of sp³-hybridized carbons (Fsp3) is 0.263. The minimum Gasteiger partial charge on any atom is -0.481 e. The molecular weight excluding hydrogens is 306 g/mol. The lowest BCUT2D eigenvalue weighted by Gasteiger charge is -2.17. The van der Waals surface area contributed by atoms with Crippen LogP contribution < -0.4 is 10.1 Å². The van der Waals surface area contributed by atoms with E-state index >= 15 is 0 Å². The van der Waals surface area contributed by atoms with E-state index in [4.69, 9.17) is 4.74 Å². The molecule has 5 nitrogen and oxygen atoms in total. The summed E-state index contributed by atoms with van der Waals surface area (Å²) in [7, 11) is 1.31. The van der Waals surface area contributed by atoms with Gasteiger partial charge in [0, 0.05) is 5.69 Å². The fourth-order valence-corrected chi connectivity index (χ4v) is 2.24. The quantitative estimate of drug-likeness (QED) is 0.826. The molecule has 0 heterocycles. The number of nitrogens with one attached hydrogen (secondary N) is 1. The summed E-state index contributed by atoms with van der Waals surface area (Å²) in [6, 6.07) is 14.2. The highest BCUT2D eigenvalue weighted by Gasteiger charge is 2.17. The Kier molecular flexibility index (Phi) is 5.95. The Morgan fingerprint density at radius 3 is 2.58 bits per heavy atom. The summed E-state index contributed by atoms with van der Waals surface area (Å²) in [5.74, 6) is -0.0406. The molecule has 0 aliphatic heterocycles. The maximum absolute atomic E-state index is 12.3. The van der Waals surface area contributed by atoms with Crippen LogP contribution >= 0.6 is 0 Å². The monoisotopic (exact) mass is 327 g/mol. The van der Waals surface area contributed by atoms with Gasteiger partial charge in [-0.05, 0) is 43.2 Å². The van der Waals surface area contributed by atoms with Crippen LogP contribution in [0.1, 0.15) is 29.8 Å². The number of aryl methyl sites for hydroxylation is 1. The molecule has 0 saturated heterocycles. The van der Waals surface area contributed by atoms with Crippen LogP contribution in [-0.2, 0) is 16.0 Å². The van der Waals surface area contributed by atoms with Gasteiger partial charge in [-0.1, -0.05) is 31.2 Å². The third-order valence-electron chi connectivity index (χ3n) is 3.58. The molecule has 2 aromatic rings. The Balaban J connectivity index is 2.05. The number of para-hydroxylation sites is 1. The molecule has 1 amide bonds. The maximum atomic E-state index is 12.3. The van der Waals surface area contributed by atoms with Gasteiger partial charge in [-0.25, -0.2) is 4.79 Å². The van der Waals surface area contributed by atoms with Crippen LogP contribution in [0.4, 0.5) is 5.69 Å². The van der Waals surface area contributed by atoms with E-state index in [-0.39, 0.29) is 5.91 Å². The van der Waals surface area contributed by atoms with Crippen LogP contribution in [0.15, 0.2) is 48.5 Å². The fourth-order valence-electron chi connectivity index (χ4n) is 2.24. The smallest absolute Gasteiger partial charge is 0.337 e. The highest BCUT2D eigenvalue weighted by atomic mass is 16.5. The van der Waals surface area contributed by atoms with E-state index in [9.17, 15) is 9.59 Å². The third kappa shape index (κ3) is 4.35. The summed E-state index contributed by atoms with van der Waals surface area (Å²) in [6.45, 7) is 3.72. The topological polar surface area (TPSA) is 64.6 Å². The average Bonchev–Trinajstić information content (AvgIpc) is 2.61. The van der Waals surface area contributed by atoms with Gasteiger partial charge in [-0.3, -0.25) is 4.79 Å². The largest absolute Gasteiger partial charge is 0.481 e. The average molecular weight is 327 g/mol. The molecule has 0 unspecified atom stereocenters. The number of carbonyl (C=O) groups is 2. The highest BCUT2D eigenvalue weighted by molar-refractivity contribution is 5.96. The first-order chi connectivity index (χ1) is 11.5. The lowest BCUT2D eigenvalue weighted by atomic mass is 10.1. The van der Waals surface area contributed by atoms with Gasteiger partial charge in [0.15, 0.2) is 6.10 Å². The molecule has 0 aliphatic carbocycles. The van der Waals surface area contributed by atoms with Gasteiger partial charge in [0.25, 0.3) is 5.91 Å². The molecule has 5 heteroatoms. The molecule has 1 atom stereocenters. The summed E-state index contributed by atoms with van der Waals surface area (Å²) in [5.41, 5.74) is 1.94. The molecule has 0 spiro atoms. The van der Waals surface area contributed by atoms with Gasteiger partial charge in [-0.2, -0.15) is 0 Å². The van der Waals surface area contributed by atoms with Gasteiger partial charge >= 0.3 is 5.97 Å². The molecule has 0 aliphatic rings. The lowest BCUT2D eigenvalue weighted by molar-refractivity contribution is -0.122. The van der Waals surface area contributed by atoms with Crippen molar-refractivity contribution in [1.29, 1.82) is 0 Å². The van der Waals surface area contributed by atoms with Crippen molar-refractivity contribution >= 4 is 17.6 Å². The van der Waals surface area contributed by atoms with E-state index in [2.05, 4.69) is 10.1 Å². The van der Waals surface area contributed by atoms with E-state index in [1.54, 1.807) is 31.2 Å². The molecule has 1 N–H and O–H groups in total. The molecule has 0 fully saturated rings. The van der Waals surface area contributed by atoms with Gasteiger partial charge in [0.2, 0.25) is 0 Å². The van der Waals surface area contributed by atoms with E-state index in [0.29, 0.717) is 17.0 Å². The maximum Gasteiger partial charge on any atom is 0.337 e. The Labute approximate surface area is 141 Å². The third-order valence-corrected chi connectivity index (χ3v) is 3.58. The Morgan fingerprint density at radius 2 is 1.88 bits per heavy atom. The molecule has 126 valence electrons. The number of carbonyl (C=O) groups excluding carboxylic acids is 2. The van der Waals surface area contributed by atoms with Gasteiger partial charge in [0.05, 0.1) is 12.7 Å². The molecule has 24 heavy (non-hydrogen) atoms. The van der Waals surface area contributed by atoms with Crippen LogP contribution in [0.25, 0.3) is 0 Å². The van der Waals surface area contributed by atoms with Gasteiger partial charge in [0.1, 0.15) is 5.75 Å². The molecule has 2 rings (SSSR count). The number of esters is 1. The highest BCUT2D eigenvalue weighted by Crippen LogP contribution is 2.20. The zero-order chi connectivity index (χ0) is 17.5.